The van der Waals surface area contributed by atoms with E-state index in [1.54, 1.807) is 6.07 Å². The second-order valence-corrected chi connectivity index (χ2v) is 5.17. The Hall–Kier alpha value is -3.35. The molecule has 2 unspecified atom stereocenters. The zero-order valence-electron chi connectivity index (χ0n) is 12.3. The van der Waals surface area contributed by atoms with E-state index in [1.807, 2.05) is 0 Å². The lowest BCUT2D eigenvalue weighted by atomic mass is 9.83. The van der Waals surface area contributed by atoms with E-state index in [2.05, 4.69) is 20.1 Å². The van der Waals surface area contributed by atoms with E-state index in [0.717, 1.165) is 0 Å². The number of carbonyl (C=O) groups excluding carboxylic acids is 3. The summed E-state index contributed by atoms with van der Waals surface area (Å²) < 4.78 is 0. The minimum absolute atomic E-state index is 0.114. The van der Waals surface area contributed by atoms with Gasteiger partial charge in [-0.1, -0.05) is 22.4 Å². The molecular formula is C14H11N6O4-. The third-order valence-corrected chi connectivity index (χ3v) is 3.77. The second-order valence-electron chi connectivity index (χ2n) is 5.17. The fourth-order valence-electron chi connectivity index (χ4n) is 2.65. The summed E-state index contributed by atoms with van der Waals surface area (Å²) in [5.74, 6) is -3.91. The van der Waals surface area contributed by atoms with Crippen molar-refractivity contribution < 1.29 is 19.5 Å². The Labute approximate surface area is 135 Å². The number of nitrogens with zero attached hydrogens (tertiary/aromatic N) is 6. The molecule has 0 amide bonds. The van der Waals surface area contributed by atoms with Gasteiger partial charge in [0.2, 0.25) is 0 Å². The van der Waals surface area contributed by atoms with Crippen molar-refractivity contribution in [3.8, 4) is 0 Å². The van der Waals surface area contributed by atoms with Crippen LogP contribution >= 0.6 is 0 Å². The van der Waals surface area contributed by atoms with Crippen LogP contribution in [0.5, 0.6) is 0 Å². The molecule has 122 valence electrons. The lowest BCUT2D eigenvalue weighted by molar-refractivity contribution is -0.299. The first-order chi connectivity index (χ1) is 11.5. The molecule has 0 saturated heterocycles. The van der Waals surface area contributed by atoms with E-state index in [9.17, 15) is 19.5 Å². The molecule has 10 heteroatoms. The van der Waals surface area contributed by atoms with Crippen molar-refractivity contribution in [2.24, 2.45) is 10.2 Å². The van der Waals surface area contributed by atoms with Gasteiger partial charge in [0, 0.05) is 15.4 Å². The Morgan fingerprint density at radius 3 is 2.21 bits per heavy atom. The fourth-order valence-corrected chi connectivity index (χ4v) is 2.65. The summed E-state index contributed by atoms with van der Waals surface area (Å²) in [6.07, 6.45) is 0.126. The number of hydrogen-bond acceptors (Lipinski definition) is 6. The molecule has 0 saturated carbocycles. The van der Waals surface area contributed by atoms with E-state index in [0.29, 0.717) is 24.0 Å². The van der Waals surface area contributed by atoms with Gasteiger partial charge in [-0.3, -0.25) is 9.59 Å². The standard InChI is InChI=1S/C14H12N6O4/c15-19-17-10-3-4-11(18-20-16)9-5-7(1-2-8(9)10)12(21)6-13(22)14(23)24/h1-2,5,10-11H,3-4,6H2,(H,23,24)/p-1. The summed E-state index contributed by atoms with van der Waals surface area (Å²) in [7, 11) is 0. The van der Waals surface area contributed by atoms with Crippen LogP contribution in [0.25, 0.3) is 20.9 Å². The number of fused-ring (bicyclic) bond motifs is 1. The van der Waals surface area contributed by atoms with Gasteiger partial charge < -0.3 is 9.90 Å². The van der Waals surface area contributed by atoms with E-state index >= 15 is 0 Å². The summed E-state index contributed by atoms with van der Waals surface area (Å²) in [4.78, 5) is 39.1. The largest absolute Gasteiger partial charge is 0.542 e. The number of hydrogen-bond donors (Lipinski definition) is 0. The number of aliphatic carboxylic acids is 1. The molecule has 1 aliphatic carbocycles. The van der Waals surface area contributed by atoms with Crippen LogP contribution in [0, 0.1) is 0 Å². The lowest BCUT2D eigenvalue weighted by Gasteiger charge is -2.27. The highest BCUT2D eigenvalue weighted by Gasteiger charge is 2.27. The first-order valence-electron chi connectivity index (χ1n) is 6.97. The number of carboxylic acids is 1. The van der Waals surface area contributed by atoms with Gasteiger partial charge in [-0.25, -0.2) is 0 Å². The van der Waals surface area contributed by atoms with Gasteiger partial charge in [0.05, 0.1) is 18.5 Å². The maximum absolute atomic E-state index is 12.0. The van der Waals surface area contributed by atoms with Gasteiger partial charge in [-0.15, -0.1) is 0 Å². The average molecular weight is 327 g/mol. The Bertz CT molecular complexity index is 807. The Morgan fingerprint density at radius 1 is 1.08 bits per heavy atom. The summed E-state index contributed by atoms with van der Waals surface area (Å²) in [5.41, 5.74) is 18.6. The minimum Gasteiger partial charge on any atom is -0.542 e. The van der Waals surface area contributed by atoms with Crippen LogP contribution in [-0.4, -0.2) is 17.5 Å². The molecule has 0 N–H and O–H groups in total. The Morgan fingerprint density at radius 2 is 1.67 bits per heavy atom. The highest BCUT2D eigenvalue weighted by molar-refractivity contribution is 6.36. The molecule has 0 bridgehead atoms. The first-order valence-corrected chi connectivity index (χ1v) is 6.97. The van der Waals surface area contributed by atoms with E-state index in [-0.39, 0.29) is 5.56 Å². The normalized spacial score (nSPS) is 18.5. The molecular weight excluding hydrogens is 316 g/mol. The highest BCUT2D eigenvalue weighted by atomic mass is 16.4. The molecule has 0 fully saturated rings. The van der Waals surface area contributed by atoms with Crippen molar-refractivity contribution >= 4 is 17.5 Å². The summed E-state index contributed by atoms with van der Waals surface area (Å²) in [5, 5.41) is 17.8. The minimum atomic E-state index is -1.92. The predicted molar refractivity (Wildman–Crippen MR) is 78.4 cm³/mol. The monoisotopic (exact) mass is 327 g/mol. The van der Waals surface area contributed by atoms with Gasteiger partial charge in [-0.2, -0.15) is 0 Å². The first kappa shape index (κ1) is 17.0. The molecule has 0 radical (unpaired) electrons. The van der Waals surface area contributed by atoms with Crippen molar-refractivity contribution in [3.05, 3.63) is 55.8 Å². The van der Waals surface area contributed by atoms with E-state index < -0.39 is 36.0 Å². The van der Waals surface area contributed by atoms with Crippen molar-refractivity contribution in [2.45, 2.75) is 31.3 Å². The molecule has 0 heterocycles. The second kappa shape index (κ2) is 7.28. The fraction of sp³-hybridized carbons (Fsp3) is 0.357. The molecule has 1 aromatic rings. The molecule has 1 aromatic carbocycles. The number of ketones is 2. The van der Waals surface area contributed by atoms with Crippen LogP contribution in [0.1, 0.15) is 52.8 Å². The van der Waals surface area contributed by atoms with Crippen molar-refractivity contribution in [1.29, 1.82) is 0 Å². The van der Waals surface area contributed by atoms with Gasteiger partial charge in [0.25, 0.3) is 0 Å². The molecule has 10 nitrogen and oxygen atoms in total. The van der Waals surface area contributed by atoms with Crippen molar-refractivity contribution in [2.75, 3.05) is 0 Å². The number of azide groups is 2. The summed E-state index contributed by atoms with van der Waals surface area (Å²) in [6, 6.07) is 3.45. The molecule has 24 heavy (non-hydrogen) atoms. The van der Waals surface area contributed by atoms with Crippen LogP contribution in [0.4, 0.5) is 0 Å². The van der Waals surface area contributed by atoms with Crippen LogP contribution in [0.15, 0.2) is 28.4 Å². The van der Waals surface area contributed by atoms with Crippen molar-refractivity contribution in [3.63, 3.8) is 0 Å². The van der Waals surface area contributed by atoms with Gasteiger partial charge in [0.15, 0.2) is 11.6 Å². The molecule has 0 aliphatic heterocycles. The van der Waals surface area contributed by atoms with Gasteiger partial charge in [-0.05, 0) is 41.1 Å². The van der Waals surface area contributed by atoms with Crippen LogP contribution in [-0.2, 0) is 9.59 Å². The SMILES string of the molecule is [N-]=[N+]=NC1CCC(N=[N+]=[N-])c2cc(C(=O)CC(=O)C(=O)[O-])ccc21. The molecule has 2 rings (SSSR count). The average Bonchev–Trinajstić information content (AvgIpc) is 2.56. The molecule has 0 spiro atoms. The molecule has 0 aromatic heterocycles. The van der Waals surface area contributed by atoms with Crippen LogP contribution in [0.3, 0.4) is 0 Å². The third-order valence-electron chi connectivity index (χ3n) is 3.77. The highest BCUT2D eigenvalue weighted by Crippen LogP contribution is 2.40. The number of carboxylic acid groups (broad SMARTS) is 1. The Balaban J connectivity index is 2.41. The predicted octanol–water partition coefficient (Wildman–Crippen LogP) is 2.08. The van der Waals surface area contributed by atoms with E-state index in [1.165, 1.54) is 12.1 Å². The Kier molecular flexibility index (Phi) is 5.16. The maximum atomic E-state index is 12.0. The van der Waals surface area contributed by atoms with Crippen LogP contribution in [0.2, 0.25) is 0 Å². The van der Waals surface area contributed by atoms with Crippen LogP contribution < -0.4 is 5.11 Å². The van der Waals surface area contributed by atoms with Crippen molar-refractivity contribution in [1.82, 2.24) is 0 Å². The number of benzene rings is 1. The third kappa shape index (κ3) is 3.52. The lowest BCUT2D eigenvalue weighted by Crippen LogP contribution is -2.32. The zero-order valence-corrected chi connectivity index (χ0v) is 12.3. The summed E-state index contributed by atoms with van der Waals surface area (Å²) >= 11 is 0. The van der Waals surface area contributed by atoms with Gasteiger partial charge >= 0.3 is 0 Å². The maximum Gasteiger partial charge on any atom is 0.185 e. The smallest absolute Gasteiger partial charge is 0.185 e. The summed E-state index contributed by atoms with van der Waals surface area (Å²) in [6.45, 7) is 0. The molecule has 1 aliphatic rings. The molecule has 2 atom stereocenters. The number of carbonyl (C=O) groups is 3. The number of rotatable bonds is 6. The quantitative estimate of drug-likeness (QED) is 0.194. The van der Waals surface area contributed by atoms with Gasteiger partial charge in [0.1, 0.15) is 5.97 Å². The topological polar surface area (TPSA) is 172 Å². The number of Topliss-reactive ketones (excluding diaryl/α,β-unsaturated/α-hetero) is 2. The zero-order chi connectivity index (χ0) is 17.7. The van der Waals surface area contributed by atoms with E-state index in [4.69, 9.17) is 11.1 Å².